The lowest BCUT2D eigenvalue weighted by Crippen LogP contribution is -2.41. The number of carbonyl (C=O) groups excluding carboxylic acids is 1. The Morgan fingerprint density at radius 1 is 1.30 bits per heavy atom. The van der Waals surface area contributed by atoms with Gasteiger partial charge in [0.05, 0.1) is 5.52 Å². The Morgan fingerprint density at radius 3 is 2.83 bits per heavy atom. The van der Waals surface area contributed by atoms with Crippen molar-refractivity contribution in [2.45, 2.75) is 26.3 Å². The molecule has 1 aliphatic rings. The Hall–Kier alpha value is -2.57. The third-order valence-electron chi connectivity index (χ3n) is 4.54. The van der Waals surface area contributed by atoms with Crippen LogP contribution in [0.25, 0.3) is 16.9 Å². The van der Waals surface area contributed by atoms with Crippen molar-refractivity contribution >= 4 is 22.9 Å². The zero-order chi connectivity index (χ0) is 16.0. The highest BCUT2D eigenvalue weighted by Gasteiger charge is 2.22. The zero-order valence-corrected chi connectivity index (χ0v) is 12.9. The molecule has 0 aliphatic carbocycles. The number of benzene rings is 1. The molecular weight excluding hydrogens is 296 g/mol. The fourth-order valence-corrected chi connectivity index (χ4v) is 3.08. The maximum Gasteiger partial charge on any atom is 0.353 e. The smallest absolute Gasteiger partial charge is 0.353 e. The first kappa shape index (κ1) is 14.0. The number of oxazole rings is 1. The van der Waals surface area contributed by atoms with Crippen molar-refractivity contribution in [2.24, 2.45) is 5.92 Å². The van der Waals surface area contributed by atoms with Crippen molar-refractivity contribution in [1.82, 2.24) is 19.1 Å². The van der Waals surface area contributed by atoms with Crippen LogP contribution in [0.5, 0.6) is 0 Å². The third-order valence-corrected chi connectivity index (χ3v) is 4.54. The quantitative estimate of drug-likeness (QED) is 0.718. The van der Waals surface area contributed by atoms with E-state index >= 15 is 0 Å². The van der Waals surface area contributed by atoms with Gasteiger partial charge in [0.25, 0.3) is 0 Å². The van der Waals surface area contributed by atoms with Crippen LogP contribution in [-0.2, 0) is 11.3 Å². The molecule has 3 heterocycles. The van der Waals surface area contributed by atoms with Crippen molar-refractivity contribution in [3.63, 3.8) is 0 Å². The fourth-order valence-electron chi connectivity index (χ4n) is 3.08. The topological polar surface area (TPSA) is 72.8 Å². The largest absolute Gasteiger partial charge is 0.422 e. The minimum absolute atomic E-state index is 0.0429. The van der Waals surface area contributed by atoms with Gasteiger partial charge in [-0.25, -0.2) is 13.9 Å². The molecule has 23 heavy (non-hydrogen) atoms. The molecule has 0 atom stereocenters. The maximum absolute atomic E-state index is 12.5. The third kappa shape index (κ3) is 2.32. The van der Waals surface area contributed by atoms with Gasteiger partial charge >= 0.3 is 11.5 Å². The maximum atomic E-state index is 12.5. The molecule has 0 saturated carbocycles. The van der Waals surface area contributed by atoms with Crippen LogP contribution in [0, 0.1) is 5.92 Å². The summed E-state index contributed by atoms with van der Waals surface area (Å²) < 4.78 is 8.15. The zero-order valence-electron chi connectivity index (χ0n) is 12.9. The molecule has 0 radical (unpaired) electrons. The number of likely N-dealkylation sites (tertiary alicyclic amines) is 1. The molecule has 4 rings (SSSR count). The number of nitrogens with zero attached hydrogens (tertiary/aromatic N) is 4. The Labute approximate surface area is 132 Å². The molecule has 1 fully saturated rings. The minimum atomic E-state index is -0.344. The number of rotatable bonds is 2. The monoisotopic (exact) mass is 314 g/mol. The lowest BCUT2D eigenvalue weighted by atomic mass is 9.99. The van der Waals surface area contributed by atoms with Gasteiger partial charge < -0.3 is 9.32 Å². The molecule has 7 nitrogen and oxygen atoms in total. The second kappa shape index (κ2) is 5.26. The number of carbonyl (C=O) groups is 1. The van der Waals surface area contributed by atoms with Crippen LogP contribution >= 0.6 is 0 Å². The number of hydrogen-bond acceptors (Lipinski definition) is 4. The van der Waals surface area contributed by atoms with Crippen molar-refractivity contribution in [3.8, 4) is 0 Å². The number of hydrogen-bond donors (Lipinski definition) is 0. The van der Waals surface area contributed by atoms with Gasteiger partial charge in [-0.2, -0.15) is 0 Å². The molecule has 1 aliphatic heterocycles. The summed E-state index contributed by atoms with van der Waals surface area (Å²) in [6, 6.07) is 7.26. The summed E-state index contributed by atoms with van der Waals surface area (Å²) in [6.07, 6.45) is 2.02. The molecule has 1 aromatic carbocycles. The molecule has 120 valence electrons. The molecule has 1 saturated heterocycles. The van der Waals surface area contributed by atoms with E-state index < -0.39 is 0 Å². The predicted octanol–water partition coefficient (Wildman–Crippen LogP) is 1.50. The molecule has 0 unspecified atom stereocenters. The average Bonchev–Trinajstić information content (AvgIpc) is 3.05. The SMILES string of the molecule is CC1CCN(C(=O)Cn2nc3oc4ccccc4n3c2=O)CC1. The van der Waals surface area contributed by atoms with E-state index in [-0.39, 0.29) is 24.0 Å². The summed E-state index contributed by atoms with van der Waals surface area (Å²) in [5, 5.41) is 4.15. The summed E-state index contributed by atoms with van der Waals surface area (Å²) >= 11 is 0. The van der Waals surface area contributed by atoms with Crippen LogP contribution in [0.2, 0.25) is 0 Å². The summed E-state index contributed by atoms with van der Waals surface area (Å²) in [5.41, 5.74) is 0.928. The van der Waals surface area contributed by atoms with Gasteiger partial charge in [-0.05, 0) is 30.9 Å². The summed E-state index contributed by atoms with van der Waals surface area (Å²) in [6.45, 7) is 3.66. The summed E-state index contributed by atoms with van der Waals surface area (Å²) in [7, 11) is 0. The Morgan fingerprint density at radius 2 is 2.04 bits per heavy atom. The Kier molecular flexibility index (Phi) is 3.21. The van der Waals surface area contributed by atoms with Crippen molar-refractivity contribution < 1.29 is 9.21 Å². The molecule has 1 amide bonds. The minimum Gasteiger partial charge on any atom is -0.422 e. The highest BCUT2D eigenvalue weighted by atomic mass is 16.4. The number of aromatic nitrogens is 3. The molecule has 3 aromatic rings. The van der Waals surface area contributed by atoms with Gasteiger partial charge in [0.2, 0.25) is 5.91 Å². The molecule has 0 spiro atoms. The molecular formula is C16H18N4O3. The first-order chi connectivity index (χ1) is 11.1. The van der Waals surface area contributed by atoms with Crippen LogP contribution in [0.4, 0.5) is 0 Å². The van der Waals surface area contributed by atoms with E-state index in [1.165, 1.54) is 9.08 Å². The lowest BCUT2D eigenvalue weighted by molar-refractivity contribution is -0.133. The van der Waals surface area contributed by atoms with Gasteiger partial charge in [0.1, 0.15) is 6.54 Å². The first-order valence-corrected chi connectivity index (χ1v) is 7.88. The molecule has 2 aromatic heterocycles. The molecule has 0 bridgehead atoms. The number of piperidine rings is 1. The van der Waals surface area contributed by atoms with Crippen LogP contribution in [0.1, 0.15) is 19.8 Å². The second-order valence-corrected chi connectivity index (χ2v) is 6.19. The van der Waals surface area contributed by atoms with Crippen LogP contribution in [-0.4, -0.2) is 38.1 Å². The van der Waals surface area contributed by atoms with E-state index in [0.717, 1.165) is 25.9 Å². The Balaban J connectivity index is 1.63. The average molecular weight is 314 g/mol. The van der Waals surface area contributed by atoms with Gasteiger partial charge in [0, 0.05) is 13.1 Å². The van der Waals surface area contributed by atoms with Gasteiger partial charge in [-0.1, -0.05) is 19.1 Å². The van der Waals surface area contributed by atoms with E-state index in [1.54, 1.807) is 12.1 Å². The summed E-state index contributed by atoms with van der Waals surface area (Å²) in [5.74, 6) is 0.809. The molecule has 0 N–H and O–H groups in total. The summed E-state index contributed by atoms with van der Waals surface area (Å²) in [4.78, 5) is 26.7. The van der Waals surface area contributed by atoms with Gasteiger partial charge in [-0.3, -0.25) is 4.79 Å². The van der Waals surface area contributed by atoms with Crippen LogP contribution in [0.15, 0.2) is 33.5 Å². The standard InChI is InChI=1S/C16H18N4O3/c1-11-6-8-18(9-7-11)14(21)10-19-16(22)20-12-4-2-3-5-13(12)23-15(20)17-19/h2-5,11H,6-10H2,1H3. The normalized spacial score (nSPS) is 16.5. The van der Waals surface area contributed by atoms with Crippen molar-refractivity contribution in [1.29, 1.82) is 0 Å². The van der Waals surface area contributed by atoms with Gasteiger partial charge in [0.15, 0.2) is 5.58 Å². The fraction of sp³-hybridized carbons (Fsp3) is 0.438. The van der Waals surface area contributed by atoms with E-state index in [1.807, 2.05) is 17.0 Å². The first-order valence-electron chi connectivity index (χ1n) is 7.88. The number of fused-ring (bicyclic) bond motifs is 3. The van der Waals surface area contributed by atoms with Crippen molar-refractivity contribution in [2.75, 3.05) is 13.1 Å². The van der Waals surface area contributed by atoms with E-state index in [0.29, 0.717) is 17.0 Å². The number of amides is 1. The number of para-hydroxylation sites is 2. The Bertz CT molecular complexity index is 928. The lowest BCUT2D eigenvalue weighted by Gasteiger charge is -2.30. The highest BCUT2D eigenvalue weighted by molar-refractivity contribution is 5.77. The van der Waals surface area contributed by atoms with Gasteiger partial charge in [-0.15, -0.1) is 5.10 Å². The van der Waals surface area contributed by atoms with E-state index in [4.69, 9.17) is 4.42 Å². The van der Waals surface area contributed by atoms with Crippen LogP contribution < -0.4 is 5.69 Å². The van der Waals surface area contributed by atoms with E-state index in [2.05, 4.69) is 12.0 Å². The van der Waals surface area contributed by atoms with Crippen molar-refractivity contribution in [3.05, 3.63) is 34.7 Å². The van der Waals surface area contributed by atoms with Crippen LogP contribution in [0.3, 0.4) is 0 Å². The highest BCUT2D eigenvalue weighted by Crippen LogP contribution is 2.18. The van der Waals surface area contributed by atoms with E-state index in [9.17, 15) is 9.59 Å². The second-order valence-electron chi connectivity index (χ2n) is 6.19. The predicted molar refractivity (Wildman–Crippen MR) is 84.2 cm³/mol. The molecule has 7 heteroatoms.